The molecule has 0 aliphatic heterocycles. The Labute approximate surface area is 172 Å². The van der Waals surface area contributed by atoms with Crippen LogP contribution in [0, 0.1) is 6.92 Å². The molecule has 0 saturated heterocycles. The maximum atomic E-state index is 12.9. The quantitative estimate of drug-likeness (QED) is 0.549. The molecule has 29 heavy (non-hydrogen) atoms. The number of anilines is 3. The van der Waals surface area contributed by atoms with Crippen molar-refractivity contribution >= 4 is 59.9 Å². The minimum Gasteiger partial charge on any atom is -0.325 e. The van der Waals surface area contributed by atoms with Crippen molar-refractivity contribution in [3.63, 3.8) is 0 Å². The molecule has 10 heteroatoms. The van der Waals surface area contributed by atoms with Crippen LogP contribution in [0.5, 0.6) is 0 Å². The molecule has 0 radical (unpaired) electrons. The molecule has 1 aromatic heterocycles. The zero-order chi connectivity index (χ0) is 21.2. The maximum absolute atomic E-state index is 12.9. The van der Waals surface area contributed by atoms with Gasteiger partial charge >= 0.3 is 0 Å². The molecule has 0 saturated carbocycles. The summed E-state index contributed by atoms with van der Waals surface area (Å²) in [6.07, 6.45) is 0.341. The third kappa shape index (κ3) is 4.90. The van der Waals surface area contributed by atoms with Crippen LogP contribution in [0.2, 0.25) is 0 Å². The Balaban J connectivity index is 1.92. The van der Waals surface area contributed by atoms with Crippen molar-refractivity contribution in [2.24, 2.45) is 0 Å². The molecule has 2 amide bonds. The van der Waals surface area contributed by atoms with Gasteiger partial charge in [0.1, 0.15) is 4.90 Å². The van der Waals surface area contributed by atoms with Crippen molar-refractivity contribution < 1.29 is 18.0 Å². The molecule has 3 rings (SSSR count). The average Bonchev–Trinajstić information content (AvgIpc) is 3.03. The van der Waals surface area contributed by atoms with Gasteiger partial charge in [-0.2, -0.15) is 0 Å². The van der Waals surface area contributed by atoms with E-state index < -0.39 is 10.0 Å². The lowest BCUT2D eigenvalue weighted by molar-refractivity contribution is -0.116. The van der Waals surface area contributed by atoms with Gasteiger partial charge in [0, 0.05) is 13.3 Å². The normalized spacial score (nSPS) is 11.3. The van der Waals surface area contributed by atoms with E-state index >= 15 is 0 Å². The smallest absolute Gasteiger partial charge is 0.263 e. The summed E-state index contributed by atoms with van der Waals surface area (Å²) in [5, 5.41) is 5.69. The fourth-order valence-electron chi connectivity index (χ4n) is 2.61. The first-order valence-corrected chi connectivity index (χ1v) is 11.1. The lowest BCUT2D eigenvalue weighted by atomic mass is 10.2. The highest BCUT2D eigenvalue weighted by molar-refractivity contribution is 7.92. The molecule has 3 N–H and O–H groups in total. The fraction of sp³-hybridized carbons (Fsp3) is 0.211. The van der Waals surface area contributed by atoms with E-state index in [0.717, 1.165) is 10.3 Å². The number of fused-ring (bicyclic) bond motifs is 1. The largest absolute Gasteiger partial charge is 0.325 e. The summed E-state index contributed by atoms with van der Waals surface area (Å²) in [4.78, 5) is 27.3. The molecular weight excluding hydrogens is 412 g/mol. The van der Waals surface area contributed by atoms with Crippen molar-refractivity contribution in [3.05, 3.63) is 42.0 Å². The number of rotatable bonds is 6. The van der Waals surface area contributed by atoms with Crippen LogP contribution in [0.1, 0.15) is 25.8 Å². The van der Waals surface area contributed by atoms with Gasteiger partial charge in [-0.15, -0.1) is 0 Å². The summed E-state index contributed by atoms with van der Waals surface area (Å²) in [6.45, 7) is 4.83. The third-order valence-electron chi connectivity index (χ3n) is 3.94. The zero-order valence-electron chi connectivity index (χ0n) is 16.1. The Hall–Kier alpha value is -2.98. The van der Waals surface area contributed by atoms with E-state index in [4.69, 9.17) is 0 Å². The number of aryl methyl sites for hydroxylation is 1. The number of hydrogen-bond acceptors (Lipinski definition) is 6. The van der Waals surface area contributed by atoms with Crippen LogP contribution >= 0.6 is 11.3 Å². The number of amides is 2. The Morgan fingerprint density at radius 2 is 1.86 bits per heavy atom. The third-order valence-corrected chi connectivity index (χ3v) is 6.32. The summed E-state index contributed by atoms with van der Waals surface area (Å²) in [5.74, 6) is -0.509. The van der Waals surface area contributed by atoms with E-state index in [0.29, 0.717) is 22.8 Å². The number of carbonyl (C=O) groups is 2. The molecule has 152 valence electrons. The fourth-order valence-corrected chi connectivity index (χ4v) is 4.77. The number of carbonyl (C=O) groups excluding carboxylic acids is 2. The van der Waals surface area contributed by atoms with Gasteiger partial charge in [-0.1, -0.05) is 24.3 Å². The highest BCUT2D eigenvalue weighted by atomic mass is 32.2. The summed E-state index contributed by atoms with van der Waals surface area (Å²) in [7, 11) is -3.96. The van der Waals surface area contributed by atoms with E-state index in [1.54, 1.807) is 44.2 Å². The first kappa shape index (κ1) is 20.7. The molecule has 0 aliphatic rings. The Morgan fingerprint density at radius 3 is 2.55 bits per heavy atom. The molecule has 0 spiro atoms. The lowest BCUT2D eigenvalue weighted by Gasteiger charge is -2.13. The second kappa shape index (κ2) is 8.18. The van der Waals surface area contributed by atoms with Crippen LogP contribution in [0.3, 0.4) is 0 Å². The predicted molar refractivity (Wildman–Crippen MR) is 115 cm³/mol. The summed E-state index contributed by atoms with van der Waals surface area (Å²) < 4.78 is 29.2. The monoisotopic (exact) mass is 432 g/mol. The molecule has 0 unspecified atom stereocenters. The van der Waals surface area contributed by atoms with E-state index in [2.05, 4.69) is 20.3 Å². The van der Waals surface area contributed by atoms with Crippen molar-refractivity contribution in [1.29, 1.82) is 0 Å². The molecule has 0 atom stereocenters. The standard InChI is InChI=1S/C19H20N4O4S2/c1-4-18(25)22-19-21-15-10-13(6-8-16(15)28-19)23-29(26,27)17-9-11(2)5-7-14(17)20-12(3)24/h5-10,23H,4H2,1-3H3,(H,20,24)(H,21,22,25). The summed E-state index contributed by atoms with van der Waals surface area (Å²) in [5.41, 5.74) is 1.83. The number of benzene rings is 2. The Bertz CT molecular complexity index is 1200. The molecular formula is C19H20N4O4S2. The number of nitrogens with zero attached hydrogens (tertiary/aromatic N) is 1. The molecule has 0 bridgehead atoms. The van der Waals surface area contributed by atoms with Gasteiger partial charge in [-0.05, 0) is 42.8 Å². The topological polar surface area (TPSA) is 117 Å². The van der Waals surface area contributed by atoms with Crippen LogP contribution in [-0.4, -0.2) is 25.2 Å². The molecule has 0 aliphatic carbocycles. The van der Waals surface area contributed by atoms with Gasteiger partial charge in [-0.25, -0.2) is 13.4 Å². The van der Waals surface area contributed by atoms with Gasteiger partial charge in [0.2, 0.25) is 11.8 Å². The number of hydrogen-bond donors (Lipinski definition) is 3. The lowest BCUT2D eigenvalue weighted by Crippen LogP contribution is -2.17. The number of nitrogens with one attached hydrogen (secondary N) is 3. The minimum absolute atomic E-state index is 0.0260. The van der Waals surface area contributed by atoms with Gasteiger partial charge in [-0.3, -0.25) is 14.3 Å². The number of aromatic nitrogens is 1. The number of thiazole rings is 1. The van der Waals surface area contributed by atoms with E-state index in [1.807, 2.05) is 0 Å². The summed E-state index contributed by atoms with van der Waals surface area (Å²) in [6, 6.07) is 9.72. The Kier molecular flexibility index (Phi) is 5.85. The van der Waals surface area contributed by atoms with E-state index in [1.165, 1.54) is 24.3 Å². The van der Waals surface area contributed by atoms with Crippen LogP contribution in [0.15, 0.2) is 41.3 Å². The van der Waals surface area contributed by atoms with Gasteiger partial charge in [0.05, 0.1) is 21.6 Å². The average molecular weight is 433 g/mol. The van der Waals surface area contributed by atoms with Gasteiger partial charge in [0.15, 0.2) is 5.13 Å². The second-order valence-electron chi connectivity index (χ2n) is 6.39. The zero-order valence-corrected chi connectivity index (χ0v) is 17.7. The van der Waals surface area contributed by atoms with E-state index in [-0.39, 0.29) is 22.4 Å². The predicted octanol–water partition coefficient (Wildman–Crippen LogP) is 3.71. The van der Waals surface area contributed by atoms with Crippen molar-refractivity contribution in [2.45, 2.75) is 32.1 Å². The minimum atomic E-state index is -3.96. The first-order chi connectivity index (χ1) is 13.7. The van der Waals surface area contributed by atoms with Crippen LogP contribution in [0.4, 0.5) is 16.5 Å². The van der Waals surface area contributed by atoms with Crippen molar-refractivity contribution in [1.82, 2.24) is 4.98 Å². The molecule has 3 aromatic rings. The van der Waals surface area contributed by atoms with Crippen LogP contribution < -0.4 is 15.4 Å². The molecule has 2 aromatic carbocycles. The Morgan fingerprint density at radius 1 is 1.10 bits per heavy atom. The highest BCUT2D eigenvalue weighted by Crippen LogP contribution is 2.30. The van der Waals surface area contributed by atoms with Gasteiger partial charge in [0.25, 0.3) is 10.0 Å². The summed E-state index contributed by atoms with van der Waals surface area (Å²) >= 11 is 1.31. The second-order valence-corrected chi connectivity index (χ2v) is 9.07. The molecule has 1 heterocycles. The van der Waals surface area contributed by atoms with Crippen LogP contribution in [0.25, 0.3) is 10.2 Å². The van der Waals surface area contributed by atoms with E-state index in [9.17, 15) is 18.0 Å². The first-order valence-electron chi connectivity index (χ1n) is 8.79. The number of sulfonamides is 1. The van der Waals surface area contributed by atoms with Crippen LogP contribution in [-0.2, 0) is 19.6 Å². The van der Waals surface area contributed by atoms with Crippen molar-refractivity contribution in [2.75, 3.05) is 15.4 Å². The van der Waals surface area contributed by atoms with Crippen molar-refractivity contribution in [3.8, 4) is 0 Å². The van der Waals surface area contributed by atoms with Gasteiger partial charge < -0.3 is 10.6 Å². The maximum Gasteiger partial charge on any atom is 0.263 e. The highest BCUT2D eigenvalue weighted by Gasteiger charge is 2.20. The molecule has 0 fully saturated rings. The SMILES string of the molecule is CCC(=O)Nc1nc2cc(NS(=O)(=O)c3cc(C)ccc3NC(C)=O)ccc2s1. The molecule has 8 nitrogen and oxygen atoms in total.